The molecule has 0 spiro atoms. The Morgan fingerprint density at radius 1 is 1.24 bits per heavy atom. The highest BCUT2D eigenvalue weighted by Crippen LogP contribution is 2.28. The zero-order valence-corrected chi connectivity index (χ0v) is 14.3. The van der Waals surface area contributed by atoms with E-state index in [1.54, 1.807) is 23.1 Å². The van der Waals surface area contributed by atoms with Crippen LogP contribution >= 0.6 is 11.6 Å². The number of carboxylic acids is 1. The Hall–Kier alpha value is -2.53. The molecule has 25 heavy (non-hydrogen) atoms. The summed E-state index contributed by atoms with van der Waals surface area (Å²) in [6.07, 6.45) is 0.0378. The molecule has 5 nitrogen and oxygen atoms in total. The standard InChI is InChI=1S/C19H18ClNO4/c20-16-6-7-17(25-12-13-4-2-1-3-5-13)14(8-16)10-21-11-15(19(23)24)9-18(21)22/h1-8,15H,9-12H2,(H,23,24). The average Bonchev–Trinajstić information content (AvgIpc) is 2.96. The van der Waals surface area contributed by atoms with Gasteiger partial charge >= 0.3 is 5.97 Å². The molecule has 6 heteroatoms. The third kappa shape index (κ3) is 4.31. The SMILES string of the molecule is O=C(O)C1CC(=O)N(Cc2cc(Cl)ccc2OCc2ccccc2)C1. The minimum absolute atomic E-state index is 0.0378. The Morgan fingerprint density at radius 2 is 2.00 bits per heavy atom. The van der Waals surface area contributed by atoms with Crippen molar-refractivity contribution in [3.63, 3.8) is 0 Å². The normalized spacial score (nSPS) is 16.9. The van der Waals surface area contributed by atoms with E-state index in [-0.39, 0.29) is 25.4 Å². The smallest absolute Gasteiger partial charge is 0.308 e. The van der Waals surface area contributed by atoms with E-state index in [2.05, 4.69) is 0 Å². The number of rotatable bonds is 6. The van der Waals surface area contributed by atoms with Gasteiger partial charge in [-0.1, -0.05) is 41.9 Å². The summed E-state index contributed by atoms with van der Waals surface area (Å²) >= 11 is 6.08. The number of carbonyl (C=O) groups is 2. The fourth-order valence-corrected chi connectivity index (χ4v) is 3.04. The van der Waals surface area contributed by atoms with E-state index in [1.807, 2.05) is 30.3 Å². The summed E-state index contributed by atoms with van der Waals surface area (Å²) in [5.74, 6) is -1.12. The predicted molar refractivity (Wildman–Crippen MR) is 93.4 cm³/mol. The van der Waals surface area contributed by atoms with Crippen LogP contribution in [0, 0.1) is 5.92 Å². The van der Waals surface area contributed by atoms with Gasteiger partial charge in [0.1, 0.15) is 12.4 Å². The Bertz CT molecular complexity index is 778. The second kappa shape index (κ2) is 7.57. The molecule has 1 unspecified atom stereocenters. The maximum absolute atomic E-state index is 12.1. The van der Waals surface area contributed by atoms with Crippen molar-refractivity contribution < 1.29 is 19.4 Å². The maximum atomic E-state index is 12.1. The molecule has 0 radical (unpaired) electrons. The lowest BCUT2D eigenvalue weighted by molar-refractivity contribution is -0.141. The molecule has 1 aliphatic rings. The van der Waals surface area contributed by atoms with Gasteiger partial charge in [-0.25, -0.2) is 0 Å². The first-order valence-corrected chi connectivity index (χ1v) is 8.36. The van der Waals surface area contributed by atoms with E-state index in [9.17, 15) is 9.59 Å². The molecule has 3 rings (SSSR count). The Labute approximate surface area is 150 Å². The number of carbonyl (C=O) groups excluding carboxylic acids is 1. The highest BCUT2D eigenvalue weighted by Gasteiger charge is 2.34. The number of benzene rings is 2. The molecule has 1 amide bonds. The monoisotopic (exact) mass is 359 g/mol. The molecule has 130 valence electrons. The van der Waals surface area contributed by atoms with E-state index in [1.165, 1.54) is 0 Å². The minimum atomic E-state index is -0.942. The largest absolute Gasteiger partial charge is 0.489 e. The highest BCUT2D eigenvalue weighted by molar-refractivity contribution is 6.30. The highest BCUT2D eigenvalue weighted by atomic mass is 35.5. The number of ether oxygens (including phenoxy) is 1. The molecule has 1 heterocycles. The fourth-order valence-electron chi connectivity index (χ4n) is 2.84. The first kappa shape index (κ1) is 17.3. The molecule has 1 fully saturated rings. The van der Waals surface area contributed by atoms with Crippen molar-refractivity contribution in [1.29, 1.82) is 0 Å². The van der Waals surface area contributed by atoms with E-state index in [0.29, 0.717) is 17.4 Å². The van der Waals surface area contributed by atoms with Crippen LogP contribution in [-0.2, 0) is 22.7 Å². The van der Waals surface area contributed by atoms with Crippen molar-refractivity contribution in [3.8, 4) is 5.75 Å². The topological polar surface area (TPSA) is 66.8 Å². The first-order valence-electron chi connectivity index (χ1n) is 7.98. The third-order valence-electron chi connectivity index (χ3n) is 4.18. The van der Waals surface area contributed by atoms with Gasteiger partial charge in [0.05, 0.1) is 5.92 Å². The fraction of sp³-hybridized carbons (Fsp3) is 0.263. The molecule has 1 saturated heterocycles. The van der Waals surface area contributed by atoms with Crippen LogP contribution in [0.4, 0.5) is 0 Å². The Kier molecular flexibility index (Phi) is 5.24. The average molecular weight is 360 g/mol. The van der Waals surface area contributed by atoms with Crippen LogP contribution in [0.3, 0.4) is 0 Å². The molecule has 0 aromatic heterocycles. The molecule has 2 aromatic carbocycles. The van der Waals surface area contributed by atoms with Crippen molar-refractivity contribution in [2.45, 2.75) is 19.6 Å². The molecular formula is C19H18ClNO4. The van der Waals surface area contributed by atoms with Crippen molar-refractivity contribution in [3.05, 3.63) is 64.7 Å². The van der Waals surface area contributed by atoms with Gasteiger partial charge in [-0.15, -0.1) is 0 Å². The summed E-state index contributed by atoms with van der Waals surface area (Å²) in [5.41, 5.74) is 1.80. The van der Waals surface area contributed by atoms with Crippen LogP contribution in [0.5, 0.6) is 5.75 Å². The Morgan fingerprint density at radius 3 is 2.68 bits per heavy atom. The first-order chi connectivity index (χ1) is 12.0. The van der Waals surface area contributed by atoms with Crippen molar-refractivity contribution in [2.24, 2.45) is 5.92 Å². The van der Waals surface area contributed by atoms with E-state index >= 15 is 0 Å². The van der Waals surface area contributed by atoms with Crippen molar-refractivity contribution in [2.75, 3.05) is 6.54 Å². The van der Waals surface area contributed by atoms with Crippen LogP contribution in [0.2, 0.25) is 5.02 Å². The lowest BCUT2D eigenvalue weighted by atomic mass is 10.1. The number of nitrogens with zero attached hydrogens (tertiary/aromatic N) is 1. The third-order valence-corrected chi connectivity index (χ3v) is 4.42. The number of hydrogen-bond donors (Lipinski definition) is 1. The molecule has 1 aliphatic heterocycles. The predicted octanol–water partition coefficient (Wildman–Crippen LogP) is 3.35. The quantitative estimate of drug-likeness (QED) is 0.858. The van der Waals surface area contributed by atoms with Gasteiger partial charge in [0.25, 0.3) is 0 Å². The van der Waals surface area contributed by atoms with Crippen LogP contribution in [0.25, 0.3) is 0 Å². The van der Waals surface area contributed by atoms with Gasteiger partial charge in [0.15, 0.2) is 0 Å². The minimum Gasteiger partial charge on any atom is -0.489 e. The van der Waals surface area contributed by atoms with Crippen LogP contribution in [0.1, 0.15) is 17.5 Å². The summed E-state index contributed by atoms with van der Waals surface area (Å²) < 4.78 is 5.89. The number of hydrogen-bond acceptors (Lipinski definition) is 3. The van der Waals surface area contributed by atoms with Gasteiger partial charge in [0, 0.05) is 30.1 Å². The van der Waals surface area contributed by atoms with E-state index < -0.39 is 11.9 Å². The van der Waals surface area contributed by atoms with Gasteiger partial charge in [-0.05, 0) is 23.8 Å². The van der Waals surface area contributed by atoms with Crippen LogP contribution < -0.4 is 4.74 Å². The number of aliphatic carboxylic acids is 1. The number of halogens is 1. The molecule has 0 saturated carbocycles. The van der Waals surface area contributed by atoms with Gasteiger partial charge in [-0.3, -0.25) is 9.59 Å². The van der Waals surface area contributed by atoms with E-state index in [4.69, 9.17) is 21.4 Å². The summed E-state index contributed by atoms with van der Waals surface area (Å²) in [7, 11) is 0. The summed E-state index contributed by atoms with van der Waals surface area (Å²) in [5, 5.41) is 9.64. The molecule has 0 aliphatic carbocycles. The second-order valence-electron chi connectivity index (χ2n) is 6.04. The molecule has 0 bridgehead atoms. The molecular weight excluding hydrogens is 342 g/mol. The maximum Gasteiger partial charge on any atom is 0.308 e. The van der Waals surface area contributed by atoms with E-state index in [0.717, 1.165) is 11.1 Å². The van der Waals surface area contributed by atoms with Crippen molar-refractivity contribution in [1.82, 2.24) is 4.90 Å². The summed E-state index contributed by atoms with van der Waals surface area (Å²) in [6, 6.07) is 15.0. The van der Waals surface area contributed by atoms with Gasteiger partial charge < -0.3 is 14.7 Å². The van der Waals surface area contributed by atoms with Crippen LogP contribution in [0.15, 0.2) is 48.5 Å². The summed E-state index contributed by atoms with van der Waals surface area (Å²) in [4.78, 5) is 24.7. The lowest BCUT2D eigenvalue weighted by Crippen LogP contribution is -2.26. The zero-order chi connectivity index (χ0) is 17.8. The molecule has 2 aromatic rings. The molecule has 1 N–H and O–H groups in total. The summed E-state index contributed by atoms with van der Waals surface area (Å²) in [6.45, 7) is 0.896. The van der Waals surface area contributed by atoms with Crippen molar-refractivity contribution >= 4 is 23.5 Å². The Balaban J connectivity index is 1.73. The van der Waals surface area contributed by atoms with Gasteiger partial charge in [-0.2, -0.15) is 0 Å². The number of carboxylic acid groups (broad SMARTS) is 1. The number of likely N-dealkylation sites (tertiary alicyclic amines) is 1. The van der Waals surface area contributed by atoms with Crippen LogP contribution in [-0.4, -0.2) is 28.4 Å². The lowest BCUT2D eigenvalue weighted by Gasteiger charge is -2.19. The second-order valence-corrected chi connectivity index (χ2v) is 6.48. The number of amides is 1. The zero-order valence-electron chi connectivity index (χ0n) is 13.5. The van der Waals surface area contributed by atoms with Gasteiger partial charge in [0.2, 0.25) is 5.91 Å². The molecule has 1 atom stereocenters.